The molecule has 2 aliphatic heterocycles. The second kappa shape index (κ2) is 10.8. The highest BCUT2D eigenvalue weighted by Crippen LogP contribution is 2.29. The fourth-order valence-electron chi connectivity index (χ4n) is 4.27. The Morgan fingerprint density at radius 1 is 1.31 bits per heavy atom. The number of methoxy groups -OCH3 is 1. The second-order valence-corrected chi connectivity index (χ2v) is 9.48. The molecule has 1 atom stereocenters. The van der Waals surface area contributed by atoms with E-state index in [2.05, 4.69) is 30.5 Å². The van der Waals surface area contributed by atoms with Crippen molar-refractivity contribution in [2.24, 2.45) is 0 Å². The van der Waals surface area contributed by atoms with E-state index in [1.54, 1.807) is 19.2 Å². The number of thioether (sulfide) groups is 1. The van der Waals surface area contributed by atoms with Crippen LogP contribution in [0.5, 0.6) is 5.88 Å². The number of carbonyl (C=O) groups excluding carboxylic acids is 1. The van der Waals surface area contributed by atoms with Gasteiger partial charge in [-0.3, -0.25) is 14.7 Å². The third-order valence-electron chi connectivity index (χ3n) is 6.06. The fraction of sp³-hybridized carbons (Fsp3) is 0.417. The molecule has 3 aromatic heterocycles. The molecule has 1 fully saturated rings. The van der Waals surface area contributed by atoms with Crippen molar-refractivity contribution in [1.29, 1.82) is 0 Å². The maximum absolute atomic E-state index is 14.6. The van der Waals surface area contributed by atoms with E-state index in [0.29, 0.717) is 66.7 Å². The van der Waals surface area contributed by atoms with Crippen LogP contribution in [-0.2, 0) is 22.5 Å². The highest BCUT2D eigenvalue weighted by molar-refractivity contribution is 8.00. The van der Waals surface area contributed by atoms with Crippen molar-refractivity contribution in [3.05, 3.63) is 47.5 Å². The zero-order valence-corrected chi connectivity index (χ0v) is 20.2. The number of aromatic nitrogens is 3. The van der Waals surface area contributed by atoms with Gasteiger partial charge in [0.05, 0.1) is 53.4 Å². The van der Waals surface area contributed by atoms with E-state index in [4.69, 9.17) is 9.47 Å². The predicted octanol–water partition coefficient (Wildman–Crippen LogP) is 2.25. The summed E-state index contributed by atoms with van der Waals surface area (Å²) < 4.78 is 25.8. The summed E-state index contributed by atoms with van der Waals surface area (Å²) >= 11 is 1.50. The minimum absolute atomic E-state index is 0.0221. The Bertz CT molecular complexity index is 1230. The number of ether oxygens (including phenoxy) is 2. The van der Waals surface area contributed by atoms with Gasteiger partial charge in [0.1, 0.15) is 11.6 Å². The lowest BCUT2D eigenvalue weighted by Crippen LogP contribution is -2.47. The highest BCUT2D eigenvalue weighted by atomic mass is 32.2. The molecule has 5 heterocycles. The Morgan fingerprint density at radius 3 is 3.11 bits per heavy atom. The molecule has 2 aliphatic rings. The van der Waals surface area contributed by atoms with Crippen LogP contribution in [-0.4, -0.2) is 77.5 Å². The van der Waals surface area contributed by atoms with Crippen molar-refractivity contribution in [3.63, 3.8) is 0 Å². The Kier molecular flexibility index (Phi) is 7.37. The summed E-state index contributed by atoms with van der Waals surface area (Å²) in [6.07, 6.45) is 1.80. The SMILES string of the molecule is COc1ccc2ncc(F)c(CCN3CCO[C@@H](CNCc4ccc5c(n4)NC(=O)CS5)C3)c2n1. The van der Waals surface area contributed by atoms with E-state index in [9.17, 15) is 9.18 Å². The summed E-state index contributed by atoms with van der Waals surface area (Å²) in [4.78, 5) is 28.0. The molecule has 0 radical (unpaired) electrons. The van der Waals surface area contributed by atoms with Crippen LogP contribution in [0.4, 0.5) is 10.2 Å². The van der Waals surface area contributed by atoms with Crippen LogP contribution in [0.25, 0.3) is 11.0 Å². The van der Waals surface area contributed by atoms with Crippen LogP contribution >= 0.6 is 11.8 Å². The van der Waals surface area contributed by atoms with Gasteiger partial charge in [0.25, 0.3) is 0 Å². The summed E-state index contributed by atoms with van der Waals surface area (Å²) in [6.45, 7) is 4.11. The molecule has 0 unspecified atom stereocenters. The zero-order chi connectivity index (χ0) is 24.2. The number of morpholine rings is 1. The van der Waals surface area contributed by atoms with E-state index in [1.807, 2.05) is 12.1 Å². The molecule has 2 N–H and O–H groups in total. The standard InChI is InChI=1S/C24H27FN6O3S/c1-33-22-5-3-19-23(30-22)17(18(25)12-27-19)6-7-31-8-9-34-16(13-31)11-26-10-15-2-4-20-24(28-15)29-21(32)14-35-20/h2-5,12,16,26H,6-11,13-14H2,1H3,(H,28,29,32)/t16-/m0/s1. The number of rotatable bonds is 8. The van der Waals surface area contributed by atoms with Gasteiger partial charge in [-0.25, -0.2) is 14.4 Å². The molecule has 35 heavy (non-hydrogen) atoms. The zero-order valence-electron chi connectivity index (χ0n) is 19.4. The van der Waals surface area contributed by atoms with Gasteiger partial charge in [-0.15, -0.1) is 11.8 Å². The molecular weight excluding hydrogens is 471 g/mol. The Morgan fingerprint density at radius 2 is 2.23 bits per heavy atom. The van der Waals surface area contributed by atoms with Gasteiger partial charge < -0.3 is 20.1 Å². The number of carbonyl (C=O) groups is 1. The topological polar surface area (TPSA) is 102 Å². The van der Waals surface area contributed by atoms with E-state index in [-0.39, 0.29) is 17.8 Å². The Hall–Kier alpha value is -2.86. The second-order valence-electron chi connectivity index (χ2n) is 8.47. The molecule has 0 saturated carbocycles. The first kappa shape index (κ1) is 23.9. The molecule has 9 nitrogen and oxygen atoms in total. The predicted molar refractivity (Wildman–Crippen MR) is 131 cm³/mol. The van der Waals surface area contributed by atoms with Crippen LogP contribution in [0.1, 0.15) is 11.3 Å². The molecule has 11 heteroatoms. The van der Waals surface area contributed by atoms with Gasteiger partial charge in [0.2, 0.25) is 11.8 Å². The van der Waals surface area contributed by atoms with Gasteiger partial charge in [-0.1, -0.05) is 0 Å². The lowest BCUT2D eigenvalue weighted by Gasteiger charge is -2.33. The van der Waals surface area contributed by atoms with E-state index in [1.165, 1.54) is 18.0 Å². The van der Waals surface area contributed by atoms with Crippen LogP contribution in [0.15, 0.2) is 35.4 Å². The molecule has 0 aliphatic carbocycles. The van der Waals surface area contributed by atoms with Gasteiger partial charge in [0, 0.05) is 44.4 Å². The van der Waals surface area contributed by atoms with Crippen LogP contribution in [0.3, 0.4) is 0 Å². The number of anilines is 1. The van der Waals surface area contributed by atoms with Crippen LogP contribution in [0.2, 0.25) is 0 Å². The average Bonchev–Trinajstić information content (AvgIpc) is 2.88. The smallest absolute Gasteiger partial charge is 0.235 e. The molecule has 1 amide bonds. The third-order valence-corrected chi connectivity index (χ3v) is 7.11. The van der Waals surface area contributed by atoms with Gasteiger partial charge in [0.15, 0.2) is 0 Å². The van der Waals surface area contributed by atoms with Crippen molar-refractivity contribution in [2.45, 2.75) is 24.0 Å². The normalized spacial score (nSPS) is 18.3. The number of fused-ring (bicyclic) bond motifs is 2. The van der Waals surface area contributed by atoms with E-state index >= 15 is 0 Å². The first-order valence-electron chi connectivity index (χ1n) is 11.5. The molecule has 3 aromatic rings. The van der Waals surface area contributed by atoms with Gasteiger partial charge >= 0.3 is 0 Å². The minimum atomic E-state index is -0.350. The van der Waals surface area contributed by atoms with Crippen LogP contribution in [0, 0.1) is 5.82 Å². The lowest BCUT2D eigenvalue weighted by atomic mass is 10.1. The molecule has 5 rings (SSSR count). The number of nitrogens with one attached hydrogen (secondary N) is 2. The average molecular weight is 499 g/mol. The fourth-order valence-corrected chi connectivity index (χ4v) is 5.03. The molecule has 0 bridgehead atoms. The van der Waals surface area contributed by atoms with Crippen molar-refractivity contribution in [1.82, 2.24) is 25.2 Å². The number of amides is 1. The first-order valence-corrected chi connectivity index (χ1v) is 12.5. The quantitative estimate of drug-likeness (QED) is 0.484. The molecule has 0 spiro atoms. The number of halogens is 1. The van der Waals surface area contributed by atoms with Gasteiger partial charge in [-0.05, 0) is 24.6 Å². The van der Waals surface area contributed by atoms with Gasteiger partial charge in [-0.2, -0.15) is 0 Å². The van der Waals surface area contributed by atoms with Crippen molar-refractivity contribution in [2.75, 3.05) is 51.0 Å². The van der Waals surface area contributed by atoms with E-state index in [0.717, 1.165) is 23.7 Å². The summed E-state index contributed by atoms with van der Waals surface area (Å²) in [5.41, 5.74) is 2.61. The molecule has 0 aromatic carbocycles. The van der Waals surface area contributed by atoms with Crippen LogP contribution < -0.4 is 15.4 Å². The Labute approximate surface area is 206 Å². The van der Waals surface area contributed by atoms with E-state index < -0.39 is 0 Å². The third kappa shape index (κ3) is 5.69. The molecular formula is C24H27FN6O3S. The lowest BCUT2D eigenvalue weighted by molar-refractivity contribution is -0.113. The number of hydrogen-bond donors (Lipinski definition) is 2. The maximum Gasteiger partial charge on any atom is 0.235 e. The number of hydrogen-bond acceptors (Lipinski definition) is 9. The summed E-state index contributed by atoms with van der Waals surface area (Å²) in [7, 11) is 1.54. The highest BCUT2D eigenvalue weighted by Gasteiger charge is 2.22. The number of pyridine rings is 3. The van der Waals surface area contributed by atoms with Crippen molar-refractivity contribution in [3.8, 4) is 5.88 Å². The molecule has 1 saturated heterocycles. The van der Waals surface area contributed by atoms with Crippen molar-refractivity contribution < 1.29 is 18.7 Å². The number of nitrogens with zero attached hydrogens (tertiary/aromatic N) is 4. The monoisotopic (exact) mass is 498 g/mol. The summed E-state index contributed by atoms with van der Waals surface area (Å²) in [6, 6.07) is 7.49. The first-order chi connectivity index (χ1) is 17.1. The largest absolute Gasteiger partial charge is 0.481 e. The molecule has 184 valence electrons. The maximum atomic E-state index is 14.6. The minimum Gasteiger partial charge on any atom is -0.481 e. The summed E-state index contributed by atoms with van der Waals surface area (Å²) in [5, 5.41) is 6.23. The van der Waals surface area contributed by atoms with Crippen molar-refractivity contribution >= 4 is 34.5 Å². The Balaban J connectivity index is 1.14. The summed E-state index contributed by atoms with van der Waals surface area (Å²) in [5.74, 6) is 1.13.